The molecule has 0 radical (unpaired) electrons. The molecule has 1 nitrogen and oxygen atoms in total. The number of fused-ring (bicyclic) bond motifs is 5. The maximum Gasteiger partial charge on any atom is 0.0630 e. The molecule has 0 saturated heterocycles. The van der Waals surface area contributed by atoms with E-state index >= 15 is 0 Å². The third kappa shape index (κ3) is 2.37. The molecule has 0 unspecified atom stereocenters. The molecule has 0 aliphatic rings. The van der Waals surface area contributed by atoms with Gasteiger partial charge in [-0.2, -0.15) is 0 Å². The molecule has 0 atom stereocenters. The molecule has 0 N–H and O–H groups in total. The van der Waals surface area contributed by atoms with Crippen LogP contribution in [0, 0.1) is 13.8 Å². The van der Waals surface area contributed by atoms with Crippen molar-refractivity contribution in [1.82, 2.24) is 4.57 Å². The summed E-state index contributed by atoms with van der Waals surface area (Å²) < 4.78 is 3.79. The Morgan fingerprint density at radius 3 is 2.41 bits per heavy atom. The van der Waals surface area contributed by atoms with Crippen LogP contribution < -0.4 is 0 Å². The van der Waals surface area contributed by atoms with Gasteiger partial charge in [0.05, 0.1) is 11.0 Å². The van der Waals surface area contributed by atoms with Crippen LogP contribution in [-0.2, 0) is 0 Å². The standard InChI is InChI=1S/C25H21NS/c1-4-7-22-17(3)24-23(27-22)15-14-20-19-8-5-6-9-21(19)26(25(20)24)18-12-10-16(2)11-13-18/h4-15H,1-3H3/b7-4-. The van der Waals surface area contributed by atoms with Gasteiger partial charge in [0.1, 0.15) is 0 Å². The lowest BCUT2D eigenvalue weighted by Crippen LogP contribution is -1.94. The summed E-state index contributed by atoms with van der Waals surface area (Å²) in [5.41, 5.74) is 6.46. The highest BCUT2D eigenvalue weighted by molar-refractivity contribution is 7.20. The van der Waals surface area contributed by atoms with Crippen LogP contribution in [-0.4, -0.2) is 4.57 Å². The zero-order chi connectivity index (χ0) is 18.5. The molecule has 0 aliphatic heterocycles. The number of thiophene rings is 1. The highest BCUT2D eigenvalue weighted by atomic mass is 32.1. The number of benzene rings is 3. The fraction of sp³-hybridized carbons (Fsp3) is 0.120. The van der Waals surface area contributed by atoms with Crippen LogP contribution in [0.25, 0.3) is 43.7 Å². The zero-order valence-corrected chi connectivity index (χ0v) is 16.6. The summed E-state index contributed by atoms with van der Waals surface area (Å²) in [4.78, 5) is 1.35. The van der Waals surface area contributed by atoms with E-state index in [0.29, 0.717) is 0 Å². The second-order valence-corrected chi connectivity index (χ2v) is 8.20. The zero-order valence-electron chi connectivity index (χ0n) is 15.8. The van der Waals surface area contributed by atoms with Gasteiger partial charge in [-0.1, -0.05) is 48.0 Å². The van der Waals surface area contributed by atoms with Gasteiger partial charge < -0.3 is 4.57 Å². The quantitative estimate of drug-likeness (QED) is 0.302. The minimum atomic E-state index is 1.22. The Kier molecular flexibility index (Phi) is 3.70. The number of hydrogen-bond donors (Lipinski definition) is 0. The van der Waals surface area contributed by atoms with Crippen LogP contribution in [0.5, 0.6) is 0 Å². The van der Waals surface area contributed by atoms with E-state index in [1.807, 2.05) is 11.3 Å². The number of nitrogens with zero attached hydrogens (tertiary/aromatic N) is 1. The maximum absolute atomic E-state index is 2.44. The molecule has 5 aromatic rings. The maximum atomic E-state index is 2.44. The van der Waals surface area contributed by atoms with E-state index in [9.17, 15) is 0 Å². The van der Waals surface area contributed by atoms with Gasteiger partial charge in [-0.05, 0) is 56.7 Å². The summed E-state index contributed by atoms with van der Waals surface area (Å²) in [6.07, 6.45) is 4.36. The second kappa shape index (κ2) is 6.11. The Balaban J connectivity index is 2.03. The van der Waals surface area contributed by atoms with Crippen molar-refractivity contribution in [3.8, 4) is 5.69 Å². The number of rotatable bonds is 2. The van der Waals surface area contributed by atoms with Gasteiger partial charge in [0, 0.05) is 31.4 Å². The number of para-hydroxylation sites is 1. The summed E-state index contributed by atoms with van der Waals surface area (Å²) >= 11 is 1.88. The van der Waals surface area contributed by atoms with E-state index in [2.05, 4.69) is 98.2 Å². The molecule has 0 fully saturated rings. The Labute approximate surface area is 163 Å². The number of aryl methyl sites for hydroxylation is 2. The van der Waals surface area contributed by atoms with E-state index in [4.69, 9.17) is 0 Å². The summed E-state index contributed by atoms with van der Waals surface area (Å²) in [6.45, 7) is 6.48. The fourth-order valence-corrected chi connectivity index (χ4v) is 5.26. The van der Waals surface area contributed by atoms with E-state index in [-0.39, 0.29) is 0 Å². The van der Waals surface area contributed by atoms with Crippen molar-refractivity contribution in [3.05, 3.63) is 82.7 Å². The molecule has 0 spiro atoms. The molecule has 2 aromatic heterocycles. The highest BCUT2D eigenvalue weighted by Gasteiger charge is 2.18. The van der Waals surface area contributed by atoms with E-state index < -0.39 is 0 Å². The van der Waals surface area contributed by atoms with Crippen LogP contribution in [0.15, 0.2) is 66.7 Å². The Morgan fingerprint density at radius 1 is 0.852 bits per heavy atom. The first kappa shape index (κ1) is 16.3. The van der Waals surface area contributed by atoms with Gasteiger partial charge in [0.15, 0.2) is 0 Å². The van der Waals surface area contributed by atoms with Crippen molar-refractivity contribution < 1.29 is 0 Å². The molecule has 0 amide bonds. The van der Waals surface area contributed by atoms with Gasteiger partial charge in [0.25, 0.3) is 0 Å². The van der Waals surface area contributed by atoms with Crippen LogP contribution >= 0.6 is 11.3 Å². The first-order valence-electron chi connectivity index (χ1n) is 9.34. The Morgan fingerprint density at radius 2 is 1.63 bits per heavy atom. The van der Waals surface area contributed by atoms with Crippen molar-refractivity contribution in [2.45, 2.75) is 20.8 Å². The van der Waals surface area contributed by atoms with Gasteiger partial charge >= 0.3 is 0 Å². The molecule has 2 heteroatoms. The lowest BCUT2D eigenvalue weighted by molar-refractivity contribution is 1.18. The topological polar surface area (TPSA) is 4.93 Å². The summed E-state index contributed by atoms with van der Waals surface area (Å²) in [6, 6.07) is 22.2. The molecule has 0 aliphatic carbocycles. The van der Waals surface area contributed by atoms with Gasteiger partial charge in [-0.15, -0.1) is 11.3 Å². The van der Waals surface area contributed by atoms with E-state index in [1.54, 1.807) is 0 Å². The van der Waals surface area contributed by atoms with Crippen molar-refractivity contribution in [1.29, 1.82) is 0 Å². The molecule has 0 bridgehead atoms. The first-order chi connectivity index (χ1) is 13.2. The van der Waals surface area contributed by atoms with Crippen molar-refractivity contribution in [3.63, 3.8) is 0 Å². The molecular formula is C25H21NS. The predicted molar refractivity (Wildman–Crippen MR) is 120 cm³/mol. The van der Waals surface area contributed by atoms with Crippen molar-refractivity contribution in [2.24, 2.45) is 0 Å². The highest BCUT2D eigenvalue weighted by Crippen LogP contribution is 2.41. The lowest BCUT2D eigenvalue weighted by Gasteiger charge is -2.09. The molecule has 0 saturated carbocycles. The van der Waals surface area contributed by atoms with Gasteiger partial charge in [-0.3, -0.25) is 0 Å². The minimum Gasteiger partial charge on any atom is -0.309 e. The molecular weight excluding hydrogens is 346 g/mol. The SMILES string of the molecule is C/C=C\c1sc2ccc3c4ccccc4n(-c4ccc(C)cc4)c3c2c1C. The molecule has 5 rings (SSSR count). The van der Waals surface area contributed by atoms with Crippen LogP contribution in [0.3, 0.4) is 0 Å². The average molecular weight is 368 g/mol. The number of allylic oxidation sites excluding steroid dienone is 1. The van der Waals surface area contributed by atoms with Crippen LogP contribution in [0.4, 0.5) is 0 Å². The van der Waals surface area contributed by atoms with Gasteiger partial charge in [0.2, 0.25) is 0 Å². The first-order valence-corrected chi connectivity index (χ1v) is 10.2. The minimum absolute atomic E-state index is 1.22. The smallest absolute Gasteiger partial charge is 0.0630 e. The largest absolute Gasteiger partial charge is 0.309 e. The number of hydrogen-bond acceptors (Lipinski definition) is 1. The van der Waals surface area contributed by atoms with Gasteiger partial charge in [-0.25, -0.2) is 0 Å². The molecule has 27 heavy (non-hydrogen) atoms. The average Bonchev–Trinajstić information content (AvgIpc) is 3.18. The third-order valence-electron chi connectivity index (χ3n) is 5.37. The fourth-order valence-electron chi connectivity index (χ4n) is 4.08. The van der Waals surface area contributed by atoms with Crippen molar-refractivity contribution in [2.75, 3.05) is 0 Å². The number of aromatic nitrogens is 1. The summed E-state index contributed by atoms with van der Waals surface area (Å²) in [5, 5.41) is 4.02. The van der Waals surface area contributed by atoms with Crippen LogP contribution in [0.1, 0.15) is 22.9 Å². The lowest BCUT2D eigenvalue weighted by atomic mass is 10.1. The Bertz CT molecular complexity index is 1330. The third-order valence-corrected chi connectivity index (χ3v) is 6.60. The van der Waals surface area contributed by atoms with E-state index in [0.717, 1.165) is 0 Å². The van der Waals surface area contributed by atoms with Crippen LogP contribution in [0.2, 0.25) is 0 Å². The molecule has 132 valence electrons. The Hall–Kier alpha value is -2.84. The molecule has 3 aromatic carbocycles. The predicted octanol–water partition coefficient (Wildman–Crippen LogP) is 7.65. The molecule has 2 heterocycles. The van der Waals surface area contributed by atoms with E-state index in [1.165, 1.54) is 53.6 Å². The summed E-state index contributed by atoms with van der Waals surface area (Å²) in [7, 11) is 0. The normalized spacial score (nSPS) is 12.1. The summed E-state index contributed by atoms with van der Waals surface area (Å²) in [5.74, 6) is 0. The second-order valence-electron chi connectivity index (χ2n) is 7.11. The van der Waals surface area contributed by atoms with Crippen molar-refractivity contribution >= 4 is 49.3 Å². The monoisotopic (exact) mass is 367 g/mol.